The summed E-state index contributed by atoms with van der Waals surface area (Å²) < 4.78 is 41.4. The summed E-state index contributed by atoms with van der Waals surface area (Å²) in [4.78, 5) is 10.9. The molecule has 1 aromatic rings. The third-order valence-electron chi connectivity index (χ3n) is 2.27. The van der Waals surface area contributed by atoms with Crippen LogP contribution in [0.25, 0.3) is 0 Å². The van der Waals surface area contributed by atoms with E-state index >= 15 is 0 Å². The van der Waals surface area contributed by atoms with Crippen molar-refractivity contribution in [1.29, 1.82) is 0 Å². The van der Waals surface area contributed by atoms with Gasteiger partial charge in [-0.2, -0.15) is 0 Å². The van der Waals surface area contributed by atoms with Gasteiger partial charge >= 0.3 is 97.1 Å². The van der Waals surface area contributed by atoms with E-state index < -0.39 is 19.0 Å². The van der Waals surface area contributed by atoms with Crippen LogP contribution in [0, 0.1) is 0 Å². The van der Waals surface area contributed by atoms with Gasteiger partial charge in [0.25, 0.3) is 0 Å². The molecule has 2 nitrogen and oxygen atoms in total. The minimum atomic E-state index is -4.96. The van der Waals surface area contributed by atoms with Crippen LogP contribution in [0.1, 0.15) is 0 Å². The first-order valence-electron chi connectivity index (χ1n) is 4.88. The fourth-order valence-electron chi connectivity index (χ4n) is 1.33. The first kappa shape index (κ1) is 14.0. The van der Waals surface area contributed by atoms with Crippen LogP contribution < -0.4 is 5.30 Å². The van der Waals surface area contributed by atoms with Crippen molar-refractivity contribution in [2.45, 2.75) is 6.18 Å². The first-order valence-corrected chi connectivity index (χ1v) is 8.38. The van der Waals surface area contributed by atoms with Crippen molar-refractivity contribution in [3.8, 4) is 0 Å². The van der Waals surface area contributed by atoms with Crippen molar-refractivity contribution in [2.75, 3.05) is 20.0 Å². The quantitative estimate of drug-likeness (QED) is 0.769. The molecule has 0 radical (unpaired) electrons. The molecule has 0 heterocycles. The molecule has 0 N–H and O–H groups in total. The van der Waals surface area contributed by atoms with Gasteiger partial charge < -0.3 is 0 Å². The van der Waals surface area contributed by atoms with E-state index in [1.165, 1.54) is 0 Å². The molecule has 6 heteroatoms. The predicted octanol–water partition coefficient (Wildman–Crippen LogP) is 2.78. The molecule has 1 aromatic carbocycles. The van der Waals surface area contributed by atoms with Crippen LogP contribution in [0.5, 0.6) is 0 Å². The zero-order chi connectivity index (χ0) is 13.3. The van der Waals surface area contributed by atoms with Gasteiger partial charge in [0.05, 0.1) is 0 Å². The molecule has 0 aliphatic rings. The maximum absolute atomic E-state index is 12.2. The molecular formula is C11H14F3O2P. The number of carbonyl (C=O) groups is 1. The Labute approximate surface area is 97.8 Å². The number of hydrogen-bond donors (Lipinski definition) is 0. The summed E-state index contributed by atoms with van der Waals surface area (Å²) in [7, 11) is 0. The topological polar surface area (TPSA) is 26.3 Å². The molecule has 0 bridgehead atoms. The summed E-state index contributed by atoms with van der Waals surface area (Å²) in [6.45, 7) is 1.38. The molecule has 0 aliphatic carbocycles. The van der Waals surface area contributed by atoms with Crippen molar-refractivity contribution in [1.82, 2.24) is 0 Å². The van der Waals surface area contributed by atoms with Crippen LogP contribution >= 0.6 is 6.83 Å². The minimum absolute atomic E-state index is 0.621. The molecule has 0 amide bonds. The van der Waals surface area contributed by atoms with E-state index in [2.05, 4.69) is 0 Å². The fourth-order valence-corrected chi connectivity index (χ4v) is 3.31. The molecule has 0 atom stereocenters. The monoisotopic (exact) mass is 266 g/mol. The zero-order valence-corrected chi connectivity index (χ0v) is 10.7. The Balaban J connectivity index is 3.06. The molecule has 0 saturated heterocycles. The van der Waals surface area contributed by atoms with Gasteiger partial charge in [-0.1, -0.05) is 0 Å². The van der Waals surface area contributed by atoms with E-state index in [-0.39, 0.29) is 0 Å². The summed E-state index contributed by atoms with van der Waals surface area (Å²) in [6, 6.07) is 8.49. The Morgan fingerprint density at radius 1 is 1.12 bits per heavy atom. The van der Waals surface area contributed by atoms with Gasteiger partial charge in [0.15, 0.2) is 0 Å². The van der Waals surface area contributed by atoms with Crippen molar-refractivity contribution in [2.24, 2.45) is 0 Å². The number of benzene rings is 1. The summed E-state index contributed by atoms with van der Waals surface area (Å²) in [5.74, 6) is -2.13. The molecule has 0 fully saturated rings. The second-order valence-electron chi connectivity index (χ2n) is 4.86. The number of hydrogen-bond acceptors (Lipinski definition) is 2. The summed E-state index contributed by atoms with van der Waals surface area (Å²) in [5, 5.41) is 0.621. The van der Waals surface area contributed by atoms with E-state index in [4.69, 9.17) is 4.52 Å². The number of carbonyl (C=O) groups excluding carboxylic acids is 1. The van der Waals surface area contributed by atoms with Gasteiger partial charge in [0.2, 0.25) is 0 Å². The third-order valence-corrected chi connectivity index (χ3v) is 5.13. The Morgan fingerprint density at radius 2 is 1.59 bits per heavy atom. The van der Waals surface area contributed by atoms with Crippen LogP contribution in [0.15, 0.2) is 30.3 Å². The van der Waals surface area contributed by atoms with Gasteiger partial charge in [0, 0.05) is 0 Å². The van der Waals surface area contributed by atoms with Gasteiger partial charge in [-0.15, -0.1) is 0 Å². The van der Waals surface area contributed by atoms with Gasteiger partial charge in [-0.3, -0.25) is 0 Å². The van der Waals surface area contributed by atoms with E-state index in [1.54, 1.807) is 50.3 Å². The Hall–Kier alpha value is -1.09. The molecule has 0 saturated carbocycles. The Morgan fingerprint density at radius 3 is 2.00 bits per heavy atom. The normalized spacial score (nSPS) is 14.8. The molecule has 0 unspecified atom stereocenters. The van der Waals surface area contributed by atoms with Crippen molar-refractivity contribution < 1.29 is 22.5 Å². The van der Waals surface area contributed by atoms with E-state index in [0.717, 1.165) is 0 Å². The molecule has 0 aliphatic heterocycles. The second kappa shape index (κ2) is 3.98. The molecule has 0 aromatic heterocycles. The summed E-state index contributed by atoms with van der Waals surface area (Å²) in [5.41, 5.74) is 0. The van der Waals surface area contributed by atoms with E-state index in [0.29, 0.717) is 5.30 Å². The van der Waals surface area contributed by atoms with Crippen LogP contribution in [-0.2, 0) is 9.32 Å². The molecule has 96 valence electrons. The van der Waals surface area contributed by atoms with Crippen LogP contribution in [0.2, 0.25) is 0 Å². The van der Waals surface area contributed by atoms with Crippen molar-refractivity contribution in [3.63, 3.8) is 0 Å². The van der Waals surface area contributed by atoms with Crippen molar-refractivity contribution in [3.05, 3.63) is 30.3 Å². The van der Waals surface area contributed by atoms with Crippen LogP contribution in [0.4, 0.5) is 13.2 Å². The predicted molar refractivity (Wildman–Crippen MR) is 62.9 cm³/mol. The molecular weight excluding hydrogens is 252 g/mol. The van der Waals surface area contributed by atoms with Crippen molar-refractivity contribution >= 4 is 18.1 Å². The summed E-state index contributed by atoms with van der Waals surface area (Å²) in [6.07, 6.45) is -4.96. The average molecular weight is 266 g/mol. The molecule has 1 rings (SSSR count). The third kappa shape index (κ3) is 3.43. The van der Waals surface area contributed by atoms with E-state index in [9.17, 15) is 18.0 Å². The first-order chi connectivity index (χ1) is 7.51. The Bertz CT molecular complexity index is 418. The number of alkyl halides is 3. The average Bonchev–Trinajstić information content (AvgIpc) is 2.16. The van der Waals surface area contributed by atoms with Gasteiger partial charge in [0.1, 0.15) is 0 Å². The van der Waals surface area contributed by atoms with Crippen LogP contribution in [-0.4, -0.2) is 32.1 Å². The van der Waals surface area contributed by atoms with Crippen LogP contribution in [0.3, 0.4) is 0 Å². The Kier molecular flexibility index (Phi) is 3.27. The van der Waals surface area contributed by atoms with Gasteiger partial charge in [-0.25, -0.2) is 0 Å². The second-order valence-corrected chi connectivity index (χ2v) is 10.9. The van der Waals surface area contributed by atoms with E-state index in [1.807, 2.05) is 0 Å². The van der Waals surface area contributed by atoms with Gasteiger partial charge in [-0.05, 0) is 0 Å². The fraction of sp³-hybridized carbons (Fsp3) is 0.364. The number of halogens is 3. The zero-order valence-electron chi connectivity index (χ0n) is 9.78. The number of rotatable bonds is 2. The standard InChI is InChI=1S/C11H14F3O2P/c1-17(2,3,9-7-5-4-6-8-9)16-10(15)11(12,13)14/h4-8H,1-3H3. The molecule has 0 spiro atoms. The molecule has 17 heavy (non-hydrogen) atoms. The summed E-state index contributed by atoms with van der Waals surface area (Å²) >= 11 is 0. The SMILES string of the molecule is CP(C)(C)(OC(=O)C(F)(F)F)c1ccccc1. The maximum atomic E-state index is 12.2.